The lowest BCUT2D eigenvalue weighted by atomic mass is 9.95. The second-order valence-corrected chi connectivity index (χ2v) is 7.82. The van der Waals surface area contributed by atoms with E-state index in [0.717, 1.165) is 16.7 Å². The Morgan fingerprint density at radius 3 is 2.35 bits per heavy atom. The Bertz CT molecular complexity index is 1080. The van der Waals surface area contributed by atoms with Gasteiger partial charge in [0.05, 0.1) is 18.7 Å². The summed E-state index contributed by atoms with van der Waals surface area (Å²) in [5.41, 5.74) is 5.52. The summed E-state index contributed by atoms with van der Waals surface area (Å²) in [6, 6.07) is 12.2. The van der Waals surface area contributed by atoms with E-state index in [1.165, 1.54) is 7.11 Å². The van der Waals surface area contributed by atoms with Gasteiger partial charge in [0.1, 0.15) is 0 Å². The number of aryl methyl sites for hydroxylation is 2. The minimum Gasteiger partial charge on any atom is -0.466 e. The standard InChI is InChI=1S/C23H26N4O3S/c1-13-9-10-18(11-14(13)2)25-22(29)24-17-8-6-7-16(12-17)20-19(21(28)30-5)15(3)27(4)23(31)26-20/h6-12,20H,1-5H3,(H,26,31)(H2,24,25,29). The van der Waals surface area contributed by atoms with Crippen molar-refractivity contribution in [3.63, 3.8) is 0 Å². The first-order valence-electron chi connectivity index (χ1n) is 9.79. The van der Waals surface area contributed by atoms with Gasteiger partial charge in [-0.25, -0.2) is 9.59 Å². The van der Waals surface area contributed by atoms with Crippen LogP contribution in [0.3, 0.4) is 0 Å². The number of nitrogens with one attached hydrogen (secondary N) is 3. The number of hydrogen-bond acceptors (Lipinski definition) is 4. The number of carbonyl (C=O) groups excluding carboxylic acids is 2. The number of hydrogen-bond donors (Lipinski definition) is 3. The molecule has 0 radical (unpaired) electrons. The van der Waals surface area contributed by atoms with Crippen LogP contribution >= 0.6 is 12.2 Å². The molecule has 1 aliphatic heterocycles. The Labute approximate surface area is 187 Å². The van der Waals surface area contributed by atoms with E-state index < -0.39 is 12.0 Å². The smallest absolute Gasteiger partial charge is 0.337 e. The zero-order chi connectivity index (χ0) is 22.7. The van der Waals surface area contributed by atoms with Crippen LogP contribution in [-0.4, -0.2) is 36.2 Å². The van der Waals surface area contributed by atoms with E-state index in [4.69, 9.17) is 17.0 Å². The third-order valence-corrected chi connectivity index (χ3v) is 5.79. The first kappa shape index (κ1) is 22.3. The second kappa shape index (κ2) is 9.18. The monoisotopic (exact) mass is 438 g/mol. The Balaban J connectivity index is 1.83. The van der Waals surface area contributed by atoms with Crippen molar-refractivity contribution in [3.05, 3.63) is 70.4 Å². The molecule has 2 aromatic rings. The molecule has 3 N–H and O–H groups in total. The van der Waals surface area contributed by atoms with Crippen molar-refractivity contribution in [2.75, 3.05) is 24.8 Å². The number of nitrogens with zero attached hydrogens (tertiary/aromatic N) is 1. The highest BCUT2D eigenvalue weighted by molar-refractivity contribution is 7.80. The second-order valence-electron chi connectivity index (χ2n) is 7.44. The number of urea groups is 1. The molecule has 1 atom stereocenters. The van der Waals surface area contributed by atoms with Crippen molar-refractivity contribution in [3.8, 4) is 0 Å². The quantitative estimate of drug-likeness (QED) is 0.489. The first-order valence-corrected chi connectivity index (χ1v) is 10.2. The van der Waals surface area contributed by atoms with Crippen molar-refractivity contribution in [2.45, 2.75) is 26.8 Å². The fourth-order valence-electron chi connectivity index (χ4n) is 3.37. The van der Waals surface area contributed by atoms with Crippen molar-refractivity contribution >= 4 is 40.7 Å². The average Bonchev–Trinajstić information content (AvgIpc) is 2.74. The number of ether oxygens (including phenoxy) is 1. The number of amides is 2. The lowest BCUT2D eigenvalue weighted by Crippen LogP contribution is -2.46. The van der Waals surface area contributed by atoms with E-state index in [0.29, 0.717) is 27.8 Å². The molecule has 0 saturated heterocycles. The molecule has 7 nitrogen and oxygen atoms in total. The minimum atomic E-state index is -0.485. The summed E-state index contributed by atoms with van der Waals surface area (Å²) in [6.07, 6.45) is 0. The molecule has 1 heterocycles. The summed E-state index contributed by atoms with van der Waals surface area (Å²) in [7, 11) is 3.14. The van der Waals surface area contributed by atoms with E-state index in [1.54, 1.807) is 18.0 Å². The zero-order valence-corrected chi connectivity index (χ0v) is 19.0. The maximum absolute atomic E-state index is 12.5. The van der Waals surface area contributed by atoms with Crippen LogP contribution in [0.1, 0.15) is 29.7 Å². The molecule has 0 aliphatic carbocycles. The molecule has 0 aromatic heterocycles. The first-order chi connectivity index (χ1) is 14.7. The van der Waals surface area contributed by atoms with E-state index in [9.17, 15) is 9.59 Å². The summed E-state index contributed by atoms with van der Waals surface area (Å²) in [5, 5.41) is 9.36. The number of thiocarbonyl (C=S) groups is 1. The molecule has 3 rings (SSSR count). The summed E-state index contributed by atoms with van der Waals surface area (Å²) in [5.74, 6) is -0.435. The number of esters is 1. The molecule has 8 heteroatoms. The van der Waals surface area contributed by atoms with Gasteiger partial charge in [0.15, 0.2) is 5.11 Å². The molecule has 0 spiro atoms. The fourth-order valence-corrected chi connectivity index (χ4v) is 3.62. The summed E-state index contributed by atoms with van der Waals surface area (Å²) in [6.45, 7) is 5.84. The van der Waals surface area contributed by atoms with Gasteiger partial charge in [-0.05, 0) is 73.9 Å². The Morgan fingerprint density at radius 1 is 1.03 bits per heavy atom. The van der Waals surface area contributed by atoms with Gasteiger partial charge in [-0.1, -0.05) is 18.2 Å². The topological polar surface area (TPSA) is 82.7 Å². The number of carbonyl (C=O) groups is 2. The highest BCUT2D eigenvalue weighted by atomic mass is 32.1. The third kappa shape index (κ3) is 4.86. The van der Waals surface area contributed by atoms with Gasteiger partial charge in [-0.15, -0.1) is 0 Å². The van der Waals surface area contributed by atoms with Crippen LogP contribution in [0.15, 0.2) is 53.7 Å². The number of rotatable bonds is 4. The molecular weight excluding hydrogens is 412 g/mol. The van der Waals surface area contributed by atoms with Crippen LogP contribution in [-0.2, 0) is 9.53 Å². The third-order valence-electron chi connectivity index (χ3n) is 5.40. The summed E-state index contributed by atoms with van der Waals surface area (Å²) < 4.78 is 4.99. The maximum Gasteiger partial charge on any atom is 0.337 e. The molecule has 162 valence electrons. The Hall–Kier alpha value is -3.39. The Kier molecular flexibility index (Phi) is 6.60. The molecule has 31 heavy (non-hydrogen) atoms. The van der Waals surface area contributed by atoms with E-state index in [-0.39, 0.29) is 6.03 Å². The predicted octanol–water partition coefficient (Wildman–Crippen LogP) is 4.26. The number of benzene rings is 2. The van der Waals surface area contributed by atoms with Crippen molar-refractivity contribution in [1.29, 1.82) is 0 Å². The van der Waals surface area contributed by atoms with Gasteiger partial charge in [0.25, 0.3) is 0 Å². The van der Waals surface area contributed by atoms with Crippen molar-refractivity contribution < 1.29 is 14.3 Å². The number of anilines is 2. The normalized spacial score (nSPS) is 16.0. The van der Waals surface area contributed by atoms with E-state index in [1.807, 2.05) is 57.2 Å². The van der Waals surface area contributed by atoms with Crippen LogP contribution in [0.25, 0.3) is 0 Å². The van der Waals surface area contributed by atoms with Crippen LogP contribution in [0.2, 0.25) is 0 Å². The number of methoxy groups -OCH3 is 1. The molecule has 1 unspecified atom stereocenters. The summed E-state index contributed by atoms with van der Waals surface area (Å²) >= 11 is 5.40. The van der Waals surface area contributed by atoms with Crippen LogP contribution < -0.4 is 16.0 Å². The molecule has 2 amide bonds. The molecule has 0 saturated carbocycles. The SMILES string of the molecule is COC(=O)C1=C(C)N(C)C(=S)NC1c1cccc(NC(=O)Nc2ccc(C)c(C)c2)c1. The maximum atomic E-state index is 12.5. The highest BCUT2D eigenvalue weighted by Gasteiger charge is 2.33. The zero-order valence-electron chi connectivity index (χ0n) is 18.2. The highest BCUT2D eigenvalue weighted by Crippen LogP contribution is 2.31. The lowest BCUT2D eigenvalue weighted by molar-refractivity contribution is -0.136. The minimum absolute atomic E-state index is 0.354. The van der Waals surface area contributed by atoms with E-state index in [2.05, 4.69) is 16.0 Å². The van der Waals surface area contributed by atoms with Gasteiger partial charge in [-0.2, -0.15) is 0 Å². The van der Waals surface area contributed by atoms with Crippen LogP contribution in [0, 0.1) is 13.8 Å². The largest absolute Gasteiger partial charge is 0.466 e. The van der Waals surface area contributed by atoms with Crippen LogP contribution in [0.5, 0.6) is 0 Å². The van der Waals surface area contributed by atoms with E-state index >= 15 is 0 Å². The van der Waals surface area contributed by atoms with Crippen molar-refractivity contribution in [1.82, 2.24) is 10.2 Å². The van der Waals surface area contributed by atoms with Gasteiger partial charge >= 0.3 is 12.0 Å². The molecular formula is C23H26N4O3S. The number of allylic oxidation sites excluding steroid dienone is 1. The molecule has 2 aromatic carbocycles. The van der Waals surface area contributed by atoms with Crippen LogP contribution in [0.4, 0.5) is 16.2 Å². The summed E-state index contributed by atoms with van der Waals surface area (Å²) in [4.78, 5) is 26.7. The van der Waals surface area contributed by atoms with Gasteiger partial charge in [0.2, 0.25) is 0 Å². The predicted molar refractivity (Wildman–Crippen MR) is 126 cm³/mol. The fraction of sp³-hybridized carbons (Fsp3) is 0.261. The van der Waals surface area contributed by atoms with Crippen molar-refractivity contribution in [2.24, 2.45) is 0 Å². The average molecular weight is 439 g/mol. The molecule has 0 fully saturated rings. The molecule has 1 aliphatic rings. The van der Waals surface area contributed by atoms with Gasteiger partial charge in [-0.3, -0.25) is 0 Å². The Morgan fingerprint density at radius 2 is 1.71 bits per heavy atom. The molecule has 0 bridgehead atoms. The van der Waals surface area contributed by atoms with Gasteiger partial charge in [0, 0.05) is 24.1 Å². The van der Waals surface area contributed by atoms with Gasteiger partial charge < -0.3 is 25.6 Å². The lowest BCUT2D eigenvalue weighted by Gasteiger charge is -2.35.